The van der Waals surface area contributed by atoms with Crippen LogP contribution in [-0.2, 0) is 6.61 Å². The van der Waals surface area contributed by atoms with Crippen LogP contribution in [0, 0.1) is 0 Å². The Labute approximate surface area is 185 Å². The summed E-state index contributed by atoms with van der Waals surface area (Å²) in [4.78, 5) is 9.10. The van der Waals surface area contributed by atoms with Gasteiger partial charge in [0.1, 0.15) is 11.9 Å². The molecule has 0 saturated heterocycles. The Kier molecular flexibility index (Phi) is 6.43. The molecule has 2 atom stereocenters. The summed E-state index contributed by atoms with van der Waals surface area (Å²) < 4.78 is 21.7. The van der Waals surface area contributed by atoms with Gasteiger partial charge in [-0.3, -0.25) is 4.98 Å². The number of aliphatic hydroxyl groups is 1. The van der Waals surface area contributed by atoms with E-state index in [-0.39, 0.29) is 6.61 Å². The van der Waals surface area contributed by atoms with E-state index in [1.807, 2.05) is 43.3 Å². The summed E-state index contributed by atoms with van der Waals surface area (Å²) in [7, 11) is 0. The predicted octanol–water partition coefficient (Wildman–Crippen LogP) is 4.12. The molecule has 0 spiro atoms. The van der Waals surface area contributed by atoms with Gasteiger partial charge in [-0.2, -0.15) is 5.10 Å². The topological polar surface area (TPSA) is 99.1 Å². The Hall–Kier alpha value is -3.36. The van der Waals surface area contributed by atoms with Crippen LogP contribution in [0.25, 0.3) is 28.0 Å². The second kappa shape index (κ2) is 9.42. The third-order valence-corrected chi connectivity index (χ3v) is 5.31. The molecule has 4 aromatic rings. The SMILES string of the molecule is CCOc1cc(-c2cccc([C@@H](N)[C@H](F)CC)n2)cc2c1cnn2-c1cccc(CO)n1. The number of pyridine rings is 2. The molecule has 0 fully saturated rings. The molecule has 166 valence electrons. The summed E-state index contributed by atoms with van der Waals surface area (Å²) in [5.74, 6) is 1.25. The van der Waals surface area contributed by atoms with Gasteiger partial charge < -0.3 is 15.6 Å². The van der Waals surface area contributed by atoms with Crippen molar-refractivity contribution in [2.24, 2.45) is 5.73 Å². The van der Waals surface area contributed by atoms with Gasteiger partial charge in [-0.1, -0.05) is 19.1 Å². The van der Waals surface area contributed by atoms with Gasteiger partial charge in [0.15, 0.2) is 5.82 Å². The second-order valence-corrected chi connectivity index (χ2v) is 7.44. The molecule has 3 aromatic heterocycles. The number of halogens is 1. The normalized spacial score (nSPS) is 13.3. The molecule has 3 heterocycles. The molecule has 0 aliphatic carbocycles. The summed E-state index contributed by atoms with van der Waals surface area (Å²) in [6.45, 7) is 4.00. The van der Waals surface area contributed by atoms with Gasteiger partial charge >= 0.3 is 0 Å². The minimum atomic E-state index is -1.16. The van der Waals surface area contributed by atoms with E-state index in [1.54, 1.807) is 29.9 Å². The highest BCUT2D eigenvalue weighted by molar-refractivity contribution is 5.90. The molecule has 0 amide bonds. The van der Waals surface area contributed by atoms with E-state index in [0.29, 0.717) is 41.7 Å². The van der Waals surface area contributed by atoms with E-state index in [0.717, 1.165) is 16.5 Å². The Morgan fingerprint density at radius 3 is 2.69 bits per heavy atom. The monoisotopic (exact) mass is 435 g/mol. The molecule has 8 heteroatoms. The number of alkyl halides is 1. The van der Waals surface area contributed by atoms with Gasteiger partial charge in [0.05, 0.1) is 53.4 Å². The van der Waals surface area contributed by atoms with Crippen LogP contribution in [0.4, 0.5) is 4.39 Å². The number of ether oxygens (including phenoxy) is 1. The third-order valence-electron chi connectivity index (χ3n) is 5.31. The van der Waals surface area contributed by atoms with Crippen molar-refractivity contribution in [3.63, 3.8) is 0 Å². The highest BCUT2D eigenvalue weighted by Gasteiger charge is 2.19. The molecular formula is C24H26FN5O2. The number of benzene rings is 1. The van der Waals surface area contributed by atoms with Crippen molar-refractivity contribution >= 4 is 10.9 Å². The van der Waals surface area contributed by atoms with Gasteiger partial charge in [0, 0.05) is 5.56 Å². The Bertz CT molecular complexity index is 1230. The van der Waals surface area contributed by atoms with E-state index < -0.39 is 12.2 Å². The number of nitrogens with two attached hydrogens (primary N) is 1. The zero-order chi connectivity index (χ0) is 22.7. The number of hydrogen-bond donors (Lipinski definition) is 2. The van der Waals surface area contributed by atoms with Crippen molar-refractivity contribution in [3.05, 3.63) is 66.1 Å². The molecule has 0 aliphatic heterocycles. The van der Waals surface area contributed by atoms with Crippen LogP contribution in [0.1, 0.15) is 37.7 Å². The molecule has 0 bridgehead atoms. The average Bonchev–Trinajstić information content (AvgIpc) is 3.27. The number of aromatic nitrogens is 4. The van der Waals surface area contributed by atoms with Crippen LogP contribution in [0.3, 0.4) is 0 Å². The molecule has 1 aromatic carbocycles. The summed E-state index contributed by atoms with van der Waals surface area (Å²) >= 11 is 0. The molecule has 0 saturated carbocycles. The number of hydrogen-bond acceptors (Lipinski definition) is 6. The van der Waals surface area contributed by atoms with Crippen LogP contribution < -0.4 is 10.5 Å². The van der Waals surface area contributed by atoms with E-state index in [4.69, 9.17) is 10.5 Å². The van der Waals surface area contributed by atoms with Crippen LogP contribution in [-0.4, -0.2) is 37.6 Å². The largest absolute Gasteiger partial charge is 0.493 e. The fourth-order valence-corrected chi connectivity index (χ4v) is 3.61. The molecule has 32 heavy (non-hydrogen) atoms. The molecule has 0 radical (unpaired) electrons. The number of rotatable bonds is 8. The van der Waals surface area contributed by atoms with Gasteiger partial charge in [-0.15, -0.1) is 0 Å². The van der Waals surface area contributed by atoms with Crippen molar-refractivity contribution in [2.75, 3.05) is 6.61 Å². The van der Waals surface area contributed by atoms with Crippen LogP contribution in [0.15, 0.2) is 54.7 Å². The highest BCUT2D eigenvalue weighted by atomic mass is 19.1. The quantitative estimate of drug-likeness (QED) is 0.432. The first-order valence-electron chi connectivity index (χ1n) is 10.6. The Morgan fingerprint density at radius 1 is 1.12 bits per heavy atom. The van der Waals surface area contributed by atoms with E-state index >= 15 is 0 Å². The Balaban J connectivity index is 1.86. The first-order chi connectivity index (χ1) is 15.5. The van der Waals surface area contributed by atoms with Gasteiger partial charge in [0.25, 0.3) is 0 Å². The average molecular weight is 436 g/mol. The third kappa shape index (κ3) is 4.19. The minimum absolute atomic E-state index is 0.160. The zero-order valence-electron chi connectivity index (χ0n) is 18.1. The first-order valence-corrected chi connectivity index (χ1v) is 10.6. The number of fused-ring (bicyclic) bond motifs is 1. The number of nitrogens with zero attached hydrogens (tertiary/aromatic N) is 4. The standard InChI is InChI=1S/C24H26FN5O2/c1-3-18(25)24(26)20-9-6-8-19(29-20)15-11-21-17(22(12-15)32-4-2)13-27-30(21)23-10-5-7-16(14-31)28-23/h5-13,18,24,31H,3-4,14,26H2,1-2H3/t18-,24+/m1/s1. The minimum Gasteiger partial charge on any atom is -0.493 e. The van der Waals surface area contributed by atoms with Crippen molar-refractivity contribution < 1.29 is 14.2 Å². The van der Waals surface area contributed by atoms with Gasteiger partial charge in [-0.25, -0.2) is 14.1 Å². The summed E-state index contributed by atoms with van der Waals surface area (Å²) in [5.41, 5.74) is 9.35. The molecule has 4 rings (SSSR count). The van der Waals surface area contributed by atoms with Crippen molar-refractivity contribution in [1.82, 2.24) is 19.7 Å². The maximum Gasteiger partial charge on any atom is 0.154 e. The fraction of sp³-hybridized carbons (Fsp3) is 0.292. The Morgan fingerprint density at radius 2 is 1.94 bits per heavy atom. The van der Waals surface area contributed by atoms with Crippen LogP contribution in [0.2, 0.25) is 0 Å². The van der Waals surface area contributed by atoms with E-state index in [2.05, 4.69) is 15.1 Å². The maximum absolute atomic E-state index is 14.2. The van der Waals surface area contributed by atoms with Crippen LogP contribution in [0.5, 0.6) is 5.75 Å². The molecule has 3 N–H and O–H groups in total. The number of aliphatic hydroxyl groups excluding tert-OH is 1. The highest BCUT2D eigenvalue weighted by Crippen LogP contribution is 2.33. The summed E-state index contributed by atoms with van der Waals surface area (Å²) in [6, 6.07) is 13.9. The lowest BCUT2D eigenvalue weighted by molar-refractivity contribution is 0.273. The van der Waals surface area contributed by atoms with Gasteiger partial charge in [-0.05, 0) is 49.7 Å². The lowest BCUT2D eigenvalue weighted by atomic mass is 10.0. The zero-order valence-corrected chi connectivity index (χ0v) is 18.1. The van der Waals surface area contributed by atoms with E-state index in [9.17, 15) is 9.50 Å². The lowest BCUT2D eigenvalue weighted by Gasteiger charge is -2.16. The van der Waals surface area contributed by atoms with Crippen LogP contribution >= 0.6 is 0 Å². The molecule has 7 nitrogen and oxygen atoms in total. The van der Waals surface area contributed by atoms with Crippen molar-refractivity contribution in [3.8, 4) is 22.8 Å². The summed E-state index contributed by atoms with van der Waals surface area (Å²) in [5, 5.41) is 14.8. The second-order valence-electron chi connectivity index (χ2n) is 7.44. The van der Waals surface area contributed by atoms with Gasteiger partial charge in [0.2, 0.25) is 0 Å². The fourth-order valence-electron chi connectivity index (χ4n) is 3.61. The van der Waals surface area contributed by atoms with Crippen molar-refractivity contribution in [1.29, 1.82) is 0 Å². The van der Waals surface area contributed by atoms with E-state index in [1.165, 1.54) is 0 Å². The lowest BCUT2D eigenvalue weighted by Crippen LogP contribution is -2.23. The van der Waals surface area contributed by atoms with Crippen molar-refractivity contribution in [2.45, 2.75) is 39.1 Å². The smallest absolute Gasteiger partial charge is 0.154 e. The maximum atomic E-state index is 14.2. The molecule has 0 aliphatic rings. The first kappa shape index (κ1) is 21.9. The molecular weight excluding hydrogens is 409 g/mol. The molecule has 0 unspecified atom stereocenters. The summed E-state index contributed by atoms with van der Waals surface area (Å²) in [6.07, 6.45) is 0.893. The predicted molar refractivity (Wildman–Crippen MR) is 121 cm³/mol.